The molecule has 1 fully saturated rings. The zero-order valence-electron chi connectivity index (χ0n) is 13.6. The van der Waals surface area contributed by atoms with Crippen LogP contribution in [0.15, 0.2) is 28.9 Å². The number of anilines is 1. The van der Waals surface area contributed by atoms with Crippen LogP contribution in [0, 0.1) is 12.8 Å². The molecule has 3 rings (SSSR count). The Bertz CT molecular complexity index is 749. The van der Waals surface area contributed by atoms with Crippen LogP contribution in [0.2, 0.25) is 0 Å². The van der Waals surface area contributed by atoms with Gasteiger partial charge >= 0.3 is 0 Å². The summed E-state index contributed by atoms with van der Waals surface area (Å²) in [5.41, 5.74) is 0.189. The van der Waals surface area contributed by atoms with E-state index < -0.39 is 5.54 Å². The van der Waals surface area contributed by atoms with Crippen molar-refractivity contribution in [3.8, 4) is 0 Å². The Hall–Kier alpha value is -2.12. The van der Waals surface area contributed by atoms with E-state index in [1.165, 1.54) is 17.6 Å². The second kappa shape index (κ2) is 6.41. The van der Waals surface area contributed by atoms with E-state index in [-0.39, 0.29) is 24.2 Å². The molecule has 2 heterocycles. The van der Waals surface area contributed by atoms with E-state index >= 15 is 0 Å². The molecule has 3 N–H and O–H groups in total. The van der Waals surface area contributed by atoms with Gasteiger partial charge in [-0.25, -0.2) is 0 Å². The van der Waals surface area contributed by atoms with Gasteiger partial charge in [0.2, 0.25) is 0 Å². The Morgan fingerprint density at radius 3 is 2.75 bits per heavy atom. The summed E-state index contributed by atoms with van der Waals surface area (Å²) in [5.74, 6) is -0.0377. The SMILES string of the molecule is Cc1cc(NC(=O)c2ccco2)sc1C(=O)NC(C)(CO)C1CC1. The fraction of sp³-hybridized carbons (Fsp3) is 0.412. The third-order valence-electron chi connectivity index (χ3n) is 4.31. The summed E-state index contributed by atoms with van der Waals surface area (Å²) < 4.78 is 5.05. The van der Waals surface area contributed by atoms with E-state index in [0.717, 1.165) is 18.4 Å². The van der Waals surface area contributed by atoms with Crippen molar-refractivity contribution < 1.29 is 19.1 Å². The fourth-order valence-electron chi connectivity index (χ4n) is 2.66. The maximum atomic E-state index is 12.6. The van der Waals surface area contributed by atoms with Crippen LogP contribution in [0.5, 0.6) is 0 Å². The first-order valence-electron chi connectivity index (χ1n) is 7.81. The summed E-state index contributed by atoms with van der Waals surface area (Å²) in [6.45, 7) is 3.60. The number of aryl methyl sites for hydroxylation is 1. The van der Waals surface area contributed by atoms with Crippen molar-refractivity contribution in [2.75, 3.05) is 11.9 Å². The van der Waals surface area contributed by atoms with Crippen LogP contribution in [0.3, 0.4) is 0 Å². The third kappa shape index (κ3) is 3.37. The highest BCUT2D eigenvalue weighted by Crippen LogP contribution is 2.39. The Balaban J connectivity index is 1.71. The van der Waals surface area contributed by atoms with Crippen molar-refractivity contribution in [2.45, 2.75) is 32.2 Å². The van der Waals surface area contributed by atoms with Crippen LogP contribution in [0.1, 0.15) is 45.6 Å². The molecule has 2 aromatic rings. The summed E-state index contributed by atoms with van der Waals surface area (Å²) in [5, 5.41) is 15.9. The van der Waals surface area contributed by atoms with E-state index in [9.17, 15) is 14.7 Å². The molecule has 0 radical (unpaired) electrons. The quantitative estimate of drug-likeness (QED) is 0.748. The second-order valence-electron chi connectivity index (χ2n) is 6.36. The molecule has 0 saturated heterocycles. The van der Waals surface area contributed by atoms with Gasteiger partial charge in [0.1, 0.15) is 0 Å². The molecule has 128 valence electrons. The lowest BCUT2D eigenvalue weighted by Crippen LogP contribution is -2.50. The number of carbonyl (C=O) groups excluding carboxylic acids is 2. The molecule has 1 unspecified atom stereocenters. The topological polar surface area (TPSA) is 91.6 Å². The lowest BCUT2D eigenvalue weighted by Gasteiger charge is -2.28. The molecule has 2 aromatic heterocycles. The summed E-state index contributed by atoms with van der Waals surface area (Å²) in [7, 11) is 0. The highest BCUT2D eigenvalue weighted by Gasteiger charge is 2.42. The lowest BCUT2D eigenvalue weighted by molar-refractivity contribution is 0.0828. The second-order valence-corrected chi connectivity index (χ2v) is 7.41. The van der Waals surface area contributed by atoms with Crippen molar-refractivity contribution in [3.63, 3.8) is 0 Å². The smallest absolute Gasteiger partial charge is 0.291 e. The predicted molar refractivity (Wildman–Crippen MR) is 91.4 cm³/mol. The highest BCUT2D eigenvalue weighted by molar-refractivity contribution is 7.18. The third-order valence-corrected chi connectivity index (χ3v) is 5.46. The monoisotopic (exact) mass is 348 g/mol. The number of amides is 2. The van der Waals surface area contributed by atoms with Gasteiger partial charge in [0.25, 0.3) is 11.8 Å². The fourth-order valence-corrected chi connectivity index (χ4v) is 3.62. The minimum Gasteiger partial charge on any atom is -0.459 e. The minimum absolute atomic E-state index is 0.0874. The summed E-state index contributed by atoms with van der Waals surface area (Å²) >= 11 is 1.21. The Labute approximate surface area is 143 Å². The van der Waals surface area contributed by atoms with Crippen molar-refractivity contribution in [1.29, 1.82) is 0 Å². The van der Waals surface area contributed by atoms with Crippen LogP contribution in [0.25, 0.3) is 0 Å². The number of aliphatic hydroxyl groups is 1. The Kier molecular flexibility index (Phi) is 4.47. The van der Waals surface area contributed by atoms with Gasteiger partial charge in [-0.05, 0) is 56.4 Å². The molecule has 0 bridgehead atoms. The van der Waals surface area contributed by atoms with Crippen LogP contribution in [-0.4, -0.2) is 29.1 Å². The maximum Gasteiger partial charge on any atom is 0.291 e. The average Bonchev–Trinajstić information content (AvgIpc) is 3.14. The molecule has 1 aliphatic rings. The minimum atomic E-state index is -0.592. The highest BCUT2D eigenvalue weighted by atomic mass is 32.1. The number of nitrogens with one attached hydrogen (secondary N) is 2. The molecule has 0 aromatic carbocycles. The number of hydrogen-bond acceptors (Lipinski definition) is 5. The number of rotatable bonds is 6. The van der Waals surface area contributed by atoms with Crippen molar-refractivity contribution in [2.24, 2.45) is 5.92 Å². The van der Waals surface area contributed by atoms with E-state index in [1.54, 1.807) is 18.2 Å². The lowest BCUT2D eigenvalue weighted by atomic mass is 9.97. The van der Waals surface area contributed by atoms with Gasteiger partial charge in [0, 0.05) is 0 Å². The first-order valence-corrected chi connectivity index (χ1v) is 8.63. The molecular weight excluding hydrogens is 328 g/mol. The number of aliphatic hydroxyl groups excluding tert-OH is 1. The average molecular weight is 348 g/mol. The number of thiophene rings is 1. The Morgan fingerprint density at radius 1 is 1.42 bits per heavy atom. The molecule has 7 heteroatoms. The van der Waals surface area contributed by atoms with Gasteiger partial charge in [-0.15, -0.1) is 11.3 Å². The maximum absolute atomic E-state index is 12.6. The van der Waals surface area contributed by atoms with Gasteiger partial charge < -0.3 is 20.2 Å². The summed E-state index contributed by atoms with van der Waals surface area (Å²) in [4.78, 5) is 25.1. The van der Waals surface area contributed by atoms with E-state index in [1.807, 2.05) is 13.8 Å². The van der Waals surface area contributed by atoms with Gasteiger partial charge in [-0.1, -0.05) is 0 Å². The number of carbonyl (C=O) groups is 2. The van der Waals surface area contributed by atoms with Gasteiger partial charge in [0.15, 0.2) is 5.76 Å². The van der Waals surface area contributed by atoms with Gasteiger partial charge in [-0.3, -0.25) is 9.59 Å². The molecule has 1 atom stereocenters. The van der Waals surface area contributed by atoms with Crippen molar-refractivity contribution in [3.05, 3.63) is 40.7 Å². The standard InChI is InChI=1S/C17H20N2O4S/c1-10-8-13(18-15(21)12-4-3-7-23-12)24-14(10)16(22)19-17(2,9-20)11-5-6-11/h3-4,7-8,11,20H,5-6,9H2,1-2H3,(H,18,21)(H,19,22). The molecule has 0 aliphatic heterocycles. The zero-order valence-corrected chi connectivity index (χ0v) is 14.4. The molecular formula is C17H20N2O4S. The molecule has 6 nitrogen and oxygen atoms in total. The first kappa shape index (κ1) is 16.7. The molecule has 2 amide bonds. The van der Waals surface area contributed by atoms with E-state index in [2.05, 4.69) is 10.6 Å². The number of hydrogen-bond donors (Lipinski definition) is 3. The molecule has 1 saturated carbocycles. The summed E-state index contributed by atoms with van der Waals surface area (Å²) in [6.07, 6.45) is 3.47. The Morgan fingerprint density at radius 2 is 2.17 bits per heavy atom. The van der Waals surface area contributed by atoms with E-state index in [0.29, 0.717) is 15.8 Å². The molecule has 24 heavy (non-hydrogen) atoms. The summed E-state index contributed by atoms with van der Waals surface area (Å²) in [6, 6.07) is 4.97. The largest absolute Gasteiger partial charge is 0.459 e. The van der Waals surface area contributed by atoms with E-state index in [4.69, 9.17) is 4.42 Å². The van der Waals surface area contributed by atoms with Crippen LogP contribution in [0.4, 0.5) is 5.00 Å². The zero-order chi connectivity index (χ0) is 17.3. The normalized spacial score (nSPS) is 16.5. The van der Waals surface area contributed by atoms with Crippen LogP contribution in [-0.2, 0) is 0 Å². The van der Waals surface area contributed by atoms with Crippen LogP contribution >= 0.6 is 11.3 Å². The van der Waals surface area contributed by atoms with Gasteiger partial charge in [-0.2, -0.15) is 0 Å². The van der Waals surface area contributed by atoms with Crippen molar-refractivity contribution >= 4 is 28.2 Å². The van der Waals surface area contributed by atoms with Crippen LogP contribution < -0.4 is 10.6 Å². The van der Waals surface area contributed by atoms with Crippen molar-refractivity contribution in [1.82, 2.24) is 5.32 Å². The molecule has 1 aliphatic carbocycles. The molecule has 0 spiro atoms. The predicted octanol–water partition coefficient (Wildman–Crippen LogP) is 2.79. The van der Waals surface area contributed by atoms with Gasteiger partial charge in [0.05, 0.1) is 28.3 Å². The first-order chi connectivity index (χ1) is 11.4. The number of furan rings is 1.